The van der Waals surface area contributed by atoms with Crippen LogP contribution in [-0.2, 0) is 0 Å². The number of nitrogens with zero attached hydrogens (tertiary/aromatic N) is 2. The molecule has 1 aromatic heterocycles. The molecule has 20 heavy (non-hydrogen) atoms. The van der Waals surface area contributed by atoms with Crippen molar-refractivity contribution in [2.45, 2.75) is 39.0 Å². The zero-order valence-electron chi connectivity index (χ0n) is 12.5. The summed E-state index contributed by atoms with van der Waals surface area (Å²) in [5, 5.41) is 3.43. The highest BCUT2D eigenvalue weighted by Gasteiger charge is 2.09. The van der Waals surface area contributed by atoms with Crippen LogP contribution in [0.15, 0.2) is 18.5 Å². The summed E-state index contributed by atoms with van der Waals surface area (Å²) in [6.45, 7) is 6.53. The van der Waals surface area contributed by atoms with Gasteiger partial charge in [0.05, 0.1) is 11.9 Å². The SMILES string of the molecule is CCCCCC#Cc1cncc(N2CCCNCC2)c1. The standard InChI is InChI=1S/C17H25N3/c1-2-3-4-5-6-8-16-13-17(15-19-14-16)20-11-7-9-18-10-12-20/h13-15,18H,2-5,7,9-12H2,1H3. The smallest absolute Gasteiger partial charge is 0.0565 e. The van der Waals surface area contributed by atoms with E-state index in [-0.39, 0.29) is 0 Å². The molecule has 0 unspecified atom stereocenters. The summed E-state index contributed by atoms with van der Waals surface area (Å²) >= 11 is 0. The average Bonchev–Trinajstić information content (AvgIpc) is 2.76. The highest BCUT2D eigenvalue weighted by Crippen LogP contribution is 2.15. The van der Waals surface area contributed by atoms with Crippen LogP contribution < -0.4 is 10.2 Å². The second-order valence-corrected chi connectivity index (χ2v) is 5.28. The van der Waals surface area contributed by atoms with Gasteiger partial charge in [0.25, 0.3) is 0 Å². The Hall–Kier alpha value is -1.53. The molecule has 2 rings (SSSR count). The molecule has 0 bridgehead atoms. The molecule has 2 heterocycles. The lowest BCUT2D eigenvalue weighted by Gasteiger charge is -2.21. The van der Waals surface area contributed by atoms with Crippen LogP contribution in [0.25, 0.3) is 0 Å². The number of pyridine rings is 1. The lowest BCUT2D eigenvalue weighted by molar-refractivity contribution is 0.724. The first-order valence-corrected chi connectivity index (χ1v) is 7.79. The highest BCUT2D eigenvalue weighted by molar-refractivity contribution is 5.50. The topological polar surface area (TPSA) is 28.2 Å². The number of nitrogens with one attached hydrogen (secondary N) is 1. The number of hydrogen-bond acceptors (Lipinski definition) is 3. The monoisotopic (exact) mass is 271 g/mol. The quantitative estimate of drug-likeness (QED) is 0.674. The molecule has 1 N–H and O–H groups in total. The lowest BCUT2D eigenvalue weighted by atomic mass is 10.2. The first-order chi connectivity index (χ1) is 9.90. The van der Waals surface area contributed by atoms with E-state index in [1.165, 1.54) is 31.4 Å². The van der Waals surface area contributed by atoms with E-state index in [1.807, 2.05) is 12.4 Å². The van der Waals surface area contributed by atoms with E-state index in [0.29, 0.717) is 0 Å². The van der Waals surface area contributed by atoms with Gasteiger partial charge in [0, 0.05) is 37.8 Å². The van der Waals surface area contributed by atoms with Crippen molar-refractivity contribution < 1.29 is 0 Å². The van der Waals surface area contributed by atoms with Crippen LogP contribution in [0, 0.1) is 11.8 Å². The predicted octanol–water partition coefficient (Wildman–Crippen LogP) is 2.81. The molecule has 0 radical (unpaired) electrons. The largest absolute Gasteiger partial charge is 0.369 e. The molecule has 0 spiro atoms. The minimum Gasteiger partial charge on any atom is -0.369 e. The molecule has 0 aliphatic carbocycles. The molecule has 3 heteroatoms. The Kier molecular flexibility index (Phi) is 6.40. The van der Waals surface area contributed by atoms with Gasteiger partial charge in [-0.25, -0.2) is 0 Å². The van der Waals surface area contributed by atoms with Gasteiger partial charge >= 0.3 is 0 Å². The van der Waals surface area contributed by atoms with Gasteiger partial charge in [-0.2, -0.15) is 0 Å². The number of hydrogen-bond donors (Lipinski definition) is 1. The average molecular weight is 271 g/mol. The third-order valence-corrected chi connectivity index (χ3v) is 3.57. The van der Waals surface area contributed by atoms with Crippen molar-refractivity contribution in [1.82, 2.24) is 10.3 Å². The third-order valence-electron chi connectivity index (χ3n) is 3.57. The molecule has 108 valence electrons. The minimum absolute atomic E-state index is 0.992. The molecular formula is C17H25N3. The summed E-state index contributed by atoms with van der Waals surface area (Å²) in [7, 11) is 0. The predicted molar refractivity (Wildman–Crippen MR) is 85.0 cm³/mol. The van der Waals surface area contributed by atoms with E-state index in [1.54, 1.807) is 0 Å². The Balaban J connectivity index is 1.96. The van der Waals surface area contributed by atoms with Crippen LogP contribution in [0.1, 0.15) is 44.6 Å². The first kappa shape index (κ1) is 14.9. The van der Waals surface area contributed by atoms with Gasteiger partial charge in [-0.1, -0.05) is 31.6 Å². The Morgan fingerprint density at radius 1 is 1.25 bits per heavy atom. The lowest BCUT2D eigenvalue weighted by Crippen LogP contribution is -2.27. The van der Waals surface area contributed by atoms with Crippen LogP contribution in [0.4, 0.5) is 5.69 Å². The molecule has 0 aromatic carbocycles. The van der Waals surface area contributed by atoms with Crippen molar-refractivity contribution in [1.29, 1.82) is 0 Å². The minimum atomic E-state index is 0.992. The summed E-state index contributed by atoms with van der Waals surface area (Å²) in [5.74, 6) is 6.50. The van der Waals surface area contributed by atoms with Gasteiger partial charge in [-0.15, -0.1) is 0 Å². The van der Waals surface area contributed by atoms with E-state index < -0.39 is 0 Å². The summed E-state index contributed by atoms with van der Waals surface area (Å²) < 4.78 is 0. The van der Waals surface area contributed by atoms with Crippen molar-refractivity contribution >= 4 is 5.69 Å². The molecule has 1 aliphatic heterocycles. The second-order valence-electron chi connectivity index (χ2n) is 5.28. The van der Waals surface area contributed by atoms with Gasteiger partial charge in [-0.3, -0.25) is 4.98 Å². The van der Waals surface area contributed by atoms with Crippen LogP contribution >= 0.6 is 0 Å². The van der Waals surface area contributed by atoms with Crippen LogP contribution in [0.5, 0.6) is 0 Å². The Morgan fingerprint density at radius 2 is 2.20 bits per heavy atom. The number of anilines is 1. The molecule has 1 fully saturated rings. The number of unbranched alkanes of at least 4 members (excludes halogenated alkanes) is 3. The zero-order chi connectivity index (χ0) is 14.0. The van der Waals surface area contributed by atoms with E-state index in [0.717, 1.165) is 38.2 Å². The normalized spacial score (nSPS) is 15.3. The van der Waals surface area contributed by atoms with E-state index in [4.69, 9.17) is 0 Å². The first-order valence-electron chi connectivity index (χ1n) is 7.79. The molecule has 1 saturated heterocycles. The van der Waals surface area contributed by atoms with Gasteiger partial charge in [0.1, 0.15) is 0 Å². The molecule has 0 saturated carbocycles. The molecule has 3 nitrogen and oxygen atoms in total. The van der Waals surface area contributed by atoms with Crippen molar-refractivity contribution in [2.75, 3.05) is 31.1 Å². The number of rotatable bonds is 4. The Morgan fingerprint density at radius 3 is 3.10 bits per heavy atom. The maximum Gasteiger partial charge on any atom is 0.0565 e. The second kappa shape index (κ2) is 8.60. The zero-order valence-corrected chi connectivity index (χ0v) is 12.5. The fourth-order valence-corrected chi connectivity index (χ4v) is 2.40. The molecule has 0 atom stereocenters. The Bertz CT molecular complexity index is 451. The fraction of sp³-hybridized carbons (Fsp3) is 0.588. The highest BCUT2D eigenvalue weighted by atomic mass is 15.2. The fourth-order valence-electron chi connectivity index (χ4n) is 2.40. The van der Waals surface area contributed by atoms with E-state index in [9.17, 15) is 0 Å². The molecular weight excluding hydrogens is 246 g/mol. The summed E-state index contributed by atoms with van der Waals surface area (Å²) in [6.07, 6.45) is 9.72. The van der Waals surface area contributed by atoms with Gasteiger partial charge in [0.2, 0.25) is 0 Å². The van der Waals surface area contributed by atoms with Crippen molar-refractivity contribution in [2.24, 2.45) is 0 Å². The number of aromatic nitrogens is 1. The molecule has 1 aliphatic rings. The van der Waals surface area contributed by atoms with Crippen molar-refractivity contribution in [3.63, 3.8) is 0 Å². The van der Waals surface area contributed by atoms with Gasteiger partial charge in [-0.05, 0) is 25.5 Å². The van der Waals surface area contributed by atoms with Crippen LogP contribution in [0.2, 0.25) is 0 Å². The van der Waals surface area contributed by atoms with Gasteiger partial charge < -0.3 is 10.2 Å². The van der Waals surface area contributed by atoms with Crippen LogP contribution in [-0.4, -0.2) is 31.2 Å². The van der Waals surface area contributed by atoms with Gasteiger partial charge in [0.15, 0.2) is 0 Å². The van der Waals surface area contributed by atoms with Crippen molar-refractivity contribution in [3.05, 3.63) is 24.0 Å². The maximum atomic E-state index is 4.34. The maximum absolute atomic E-state index is 4.34. The summed E-state index contributed by atoms with van der Waals surface area (Å²) in [6, 6.07) is 2.17. The summed E-state index contributed by atoms with van der Waals surface area (Å²) in [5.41, 5.74) is 2.24. The van der Waals surface area contributed by atoms with E-state index in [2.05, 4.69) is 40.0 Å². The van der Waals surface area contributed by atoms with Crippen LogP contribution in [0.3, 0.4) is 0 Å². The molecule has 0 amide bonds. The summed E-state index contributed by atoms with van der Waals surface area (Å²) in [4.78, 5) is 6.74. The third kappa shape index (κ3) is 4.86. The van der Waals surface area contributed by atoms with E-state index >= 15 is 0 Å². The van der Waals surface area contributed by atoms with Crippen molar-refractivity contribution in [3.8, 4) is 11.8 Å². The molecule has 1 aromatic rings. The Labute approximate surface area is 122 Å².